The van der Waals surface area contributed by atoms with E-state index in [-0.39, 0.29) is 11.4 Å². The molecule has 1 N–H and O–H groups in total. The van der Waals surface area contributed by atoms with E-state index in [0.29, 0.717) is 0 Å². The van der Waals surface area contributed by atoms with Crippen LogP contribution in [0, 0.1) is 0 Å². The molecule has 2 aromatic rings. The fourth-order valence-corrected chi connectivity index (χ4v) is 2.55. The number of hydrogen-bond donors (Lipinski definition) is 1. The maximum Gasteiger partial charge on any atom is 0.333 e. The standard InChI is InChI=1S/C16H15N3O3/c1-9-11(10-6-4-5-7-13(10)17-9)8-12-14(20)18(2)16(22)19(3)15(12)21/h4-8,20H,1-3H3/b11-8-. The second-order valence-electron chi connectivity index (χ2n) is 5.22. The van der Waals surface area contributed by atoms with Gasteiger partial charge in [0.25, 0.3) is 5.56 Å². The number of hydrogen-bond acceptors (Lipinski definition) is 4. The molecule has 1 aromatic carbocycles. The molecule has 2 heterocycles. The minimum atomic E-state index is -0.568. The topological polar surface area (TPSA) is 76.6 Å². The molecule has 0 saturated carbocycles. The predicted octanol–water partition coefficient (Wildman–Crippen LogP) is 1.44. The van der Waals surface area contributed by atoms with E-state index in [4.69, 9.17) is 0 Å². The number of aromatic hydroxyl groups is 1. The maximum atomic E-state index is 12.3. The Bertz CT molecular complexity index is 962. The third-order valence-corrected chi connectivity index (χ3v) is 3.83. The molecule has 0 unspecified atom stereocenters. The molecule has 0 amide bonds. The highest BCUT2D eigenvalue weighted by atomic mass is 16.3. The first-order valence-electron chi connectivity index (χ1n) is 6.77. The van der Waals surface area contributed by atoms with E-state index in [2.05, 4.69) is 4.99 Å². The molecule has 22 heavy (non-hydrogen) atoms. The van der Waals surface area contributed by atoms with E-state index in [1.54, 1.807) is 6.08 Å². The van der Waals surface area contributed by atoms with Gasteiger partial charge in [-0.15, -0.1) is 0 Å². The van der Waals surface area contributed by atoms with Gasteiger partial charge in [0, 0.05) is 30.9 Å². The fourth-order valence-electron chi connectivity index (χ4n) is 2.55. The summed E-state index contributed by atoms with van der Waals surface area (Å²) in [7, 11) is 2.80. The van der Waals surface area contributed by atoms with Crippen LogP contribution < -0.4 is 11.2 Å². The van der Waals surface area contributed by atoms with Crippen molar-refractivity contribution in [2.24, 2.45) is 19.1 Å². The van der Waals surface area contributed by atoms with Crippen LogP contribution in [0.25, 0.3) is 11.6 Å². The molecule has 0 bridgehead atoms. The molecule has 112 valence electrons. The zero-order chi connectivity index (χ0) is 16.0. The molecule has 1 aliphatic heterocycles. The van der Waals surface area contributed by atoms with Gasteiger partial charge in [0.2, 0.25) is 5.88 Å². The summed E-state index contributed by atoms with van der Waals surface area (Å²) in [5, 5.41) is 10.1. The Kier molecular flexibility index (Phi) is 3.09. The number of allylic oxidation sites excluding steroid dienone is 1. The summed E-state index contributed by atoms with van der Waals surface area (Å²) in [6.07, 6.45) is 1.59. The Morgan fingerprint density at radius 1 is 1.14 bits per heavy atom. The summed E-state index contributed by atoms with van der Waals surface area (Å²) in [5.74, 6) is -0.349. The lowest BCUT2D eigenvalue weighted by Gasteiger charge is -2.09. The number of para-hydroxylation sites is 1. The summed E-state index contributed by atoms with van der Waals surface area (Å²) in [6, 6.07) is 7.57. The Morgan fingerprint density at radius 2 is 1.82 bits per heavy atom. The average molecular weight is 297 g/mol. The number of fused-ring (bicyclic) bond motifs is 1. The highest BCUT2D eigenvalue weighted by Gasteiger charge is 2.20. The summed E-state index contributed by atoms with van der Waals surface area (Å²) >= 11 is 0. The Morgan fingerprint density at radius 3 is 2.55 bits per heavy atom. The zero-order valence-electron chi connectivity index (χ0n) is 12.5. The first kappa shape index (κ1) is 14.1. The minimum absolute atomic E-state index is 0.0749. The largest absolute Gasteiger partial charge is 0.494 e. The van der Waals surface area contributed by atoms with Crippen molar-refractivity contribution in [2.75, 3.05) is 0 Å². The molecule has 0 saturated heterocycles. The average Bonchev–Trinajstić information content (AvgIpc) is 2.83. The number of aliphatic imine (C=N–C) groups is 1. The van der Waals surface area contributed by atoms with Crippen LogP contribution in [0.4, 0.5) is 5.69 Å². The molecule has 0 radical (unpaired) electrons. The van der Waals surface area contributed by atoms with Gasteiger partial charge in [0.05, 0.1) is 5.69 Å². The smallest absolute Gasteiger partial charge is 0.333 e. The van der Waals surface area contributed by atoms with Crippen LogP contribution in [0.1, 0.15) is 18.1 Å². The lowest BCUT2D eigenvalue weighted by Crippen LogP contribution is -2.38. The number of nitrogens with zero attached hydrogens (tertiary/aromatic N) is 3. The van der Waals surface area contributed by atoms with Crippen LogP contribution in [0.3, 0.4) is 0 Å². The zero-order valence-corrected chi connectivity index (χ0v) is 12.5. The quantitative estimate of drug-likeness (QED) is 0.865. The van der Waals surface area contributed by atoms with Gasteiger partial charge in [-0.2, -0.15) is 0 Å². The maximum absolute atomic E-state index is 12.3. The van der Waals surface area contributed by atoms with Crippen molar-refractivity contribution in [3.8, 4) is 5.88 Å². The third kappa shape index (κ3) is 1.92. The first-order chi connectivity index (χ1) is 10.4. The van der Waals surface area contributed by atoms with Gasteiger partial charge in [0.1, 0.15) is 5.56 Å². The second kappa shape index (κ2) is 4.84. The second-order valence-corrected chi connectivity index (χ2v) is 5.22. The normalized spacial score (nSPS) is 15.0. The fraction of sp³-hybridized carbons (Fsp3) is 0.188. The van der Waals surface area contributed by atoms with Gasteiger partial charge in [-0.3, -0.25) is 18.9 Å². The molecule has 1 aliphatic rings. The number of benzene rings is 1. The SMILES string of the molecule is CC1=Nc2ccccc2/C1=C\c1c(O)n(C)c(=O)n(C)c1=O. The van der Waals surface area contributed by atoms with Gasteiger partial charge in [-0.05, 0) is 19.1 Å². The van der Waals surface area contributed by atoms with Crippen molar-refractivity contribution in [2.45, 2.75) is 6.92 Å². The molecule has 0 fully saturated rings. The van der Waals surface area contributed by atoms with Crippen LogP contribution in [0.15, 0.2) is 38.8 Å². The highest BCUT2D eigenvalue weighted by Crippen LogP contribution is 2.35. The lowest BCUT2D eigenvalue weighted by molar-refractivity contribution is 0.410. The van der Waals surface area contributed by atoms with Crippen LogP contribution in [-0.4, -0.2) is 20.0 Å². The van der Waals surface area contributed by atoms with Crippen molar-refractivity contribution in [1.82, 2.24) is 9.13 Å². The first-order valence-corrected chi connectivity index (χ1v) is 6.77. The van der Waals surface area contributed by atoms with Crippen LogP contribution >= 0.6 is 0 Å². The number of aromatic nitrogens is 2. The molecule has 0 spiro atoms. The van der Waals surface area contributed by atoms with Crippen molar-refractivity contribution in [1.29, 1.82) is 0 Å². The Labute approximate surface area is 126 Å². The summed E-state index contributed by atoms with van der Waals surface area (Å²) in [6.45, 7) is 1.84. The molecular weight excluding hydrogens is 282 g/mol. The summed E-state index contributed by atoms with van der Waals surface area (Å²) in [4.78, 5) is 28.5. The predicted molar refractivity (Wildman–Crippen MR) is 85.7 cm³/mol. The van der Waals surface area contributed by atoms with Crippen LogP contribution in [0.5, 0.6) is 5.88 Å². The number of rotatable bonds is 1. The Hall–Kier alpha value is -2.89. The van der Waals surface area contributed by atoms with E-state index in [1.165, 1.54) is 14.1 Å². The van der Waals surface area contributed by atoms with Gasteiger partial charge in [-0.1, -0.05) is 18.2 Å². The summed E-state index contributed by atoms with van der Waals surface area (Å²) < 4.78 is 2.01. The molecule has 6 nitrogen and oxygen atoms in total. The highest BCUT2D eigenvalue weighted by molar-refractivity contribution is 6.31. The van der Waals surface area contributed by atoms with Crippen LogP contribution in [-0.2, 0) is 14.1 Å². The molecule has 3 rings (SSSR count). The van der Waals surface area contributed by atoms with E-state index < -0.39 is 11.2 Å². The van der Waals surface area contributed by atoms with Crippen molar-refractivity contribution in [3.05, 3.63) is 56.2 Å². The molecule has 0 atom stereocenters. The lowest BCUT2D eigenvalue weighted by atomic mass is 10.0. The Balaban J connectivity index is 2.30. The minimum Gasteiger partial charge on any atom is -0.494 e. The van der Waals surface area contributed by atoms with Gasteiger partial charge >= 0.3 is 5.69 Å². The third-order valence-electron chi connectivity index (χ3n) is 3.83. The molecule has 0 aliphatic carbocycles. The van der Waals surface area contributed by atoms with Crippen molar-refractivity contribution in [3.63, 3.8) is 0 Å². The van der Waals surface area contributed by atoms with Crippen molar-refractivity contribution >= 4 is 23.0 Å². The molecular formula is C16H15N3O3. The van der Waals surface area contributed by atoms with Gasteiger partial charge in [-0.25, -0.2) is 4.79 Å². The van der Waals surface area contributed by atoms with Crippen molar-refractivity contribution < 1.29 is 5.11 Å². The van der Waals surface area contributed by atoms with E-state index in [0.717, 1.165) is 31.7 Å². The monoisotopic (exact) mass is 297 g/mol. The van der Waals surface area contributed by atoms with Gasteiger partial charge in [0.15, 0.2) is 0 Å². The van der Waals surface area contributed by atoms with Crippen LogP contribution in [0.2, 0.25) is 0 Å². The summed E-state index contributed by atoms with van der Waals surface area (Å²) in [5.41, 5.74) is 2.22. The van der Waals surface area contributed by atoms with E-state index >= 15 is 0 Å². The molecule has 6 heteroatoms. The van der Waals surface area contributed by atoms with Gasteiger partial charge < -0.3 is 5.11 Å². The van der Waals surface area contributed by atoms with E-state index in [1.807, 2.05) is 31.2 Å². The van der Waals surface area contributed by atoms with E-state index in [9.17, 15) is 14.7 Å². The molecule has 1 aromatic heterocycles.